The minimum absolute atomic E-state index is 0.205. The molecule has 2 heterocycles. The van der Waals surface area contributed by atoms with Gasteiger partial charge in [-0.3, -0.25) is 4.79 Å². The topological polar surface area (TPSA) is 65.8 Å². The molecule has 36 heavy (non-hydrogen) atoms. The third kappa shape index (κ3) is 4.31. The number of aryl methyl sites for hydroxylation is 1. The van der Waals surface area contributed by atoms with Gasteiger partial charge in [0.25, 0.3) is 5.91 Å². The van der Waals surface area contributed by atoms with Crippen LogP contribution in [0.5, 0.6) is 0 Å². The van der Waals surface area contributed by atoms with Gasteiger partial charge in [-0.1, -0.05) is 69.7 Å². The van der Waals surface area contributed by atoms with Crippen LogP contribution in [-0.4, -0.2) is 10.9 Å². The Morgan fingerprint density at radius 1 is 1.19 bits per heavy atom. The van der Waals surface area contributed by atoms with Gasteiger partial charge >= 0.3 is 0 Å². The van der Waals surface area contributed by atoms with Gasteiger partial charge < -0.3 is 5.32 Å². The van der Waals surface area contributed by atoms with Crippen molar-refractivity contribution in [2.45, 2.75) is 53.4 Å². The zero-order chi connectivity index (χ0) is 25.4. The molecule has 1 unspecified atom stereocenters. The summed E-state index contributed by atoms with van der Waals surface area (Å²) in [5.41, 5.74) is 6.25. The van der Waals surface area contributed by atoms with Gasteiger partial charge in [0.15, 0.2) is 0 Å². The molecule has 0 saturated heterocycles. The predicted molar refractivity (Wildman–Crippen MR) is 148 cm³/mol. The van der Waals surface area contributed by atoms with Crippen LogP contribution in [0.15, 0.2) is 54.6 Å². The number of amides is 1. The van der Waals surface area contributed by atoms with Crippen molar-refractivity contribution < 1.29 is 4.79 Å². The number of fused-ring (bicyclic) bond motifs is 2. The molecule has 0 spiro atoms. The first-order valence-corrected chi connectivity index (χ1v) is 13.5. The summed E-state index contributed by atoms with van der Waals surface area (Å²) in [7, 11) is 0. The Labute approximate surface area is 217 Å². The van der Waals surface area contributed by atoms with Crippen LogP contribution in [0.3, 0.4) is 0 Å². The second kappa shape index (κ2) is 9.52. The number of aromatic nitrogens is 1. The summed E-state index contributed by atoms with van der Waals surface area (Å²) in [4.78, 5) is 19.8. The number of nitrogens with one attached hydrogen (secondary N) is 1. The molecule has 5 rings (SSSR count). The van der Waals surface area contributed by atoms with Crippen molar-refractivity contribution in [3.8, 4) is 17.3 Å². The van der Waals surface area contributed by atoms with E-state index >= 15 is 0 Å². The van der Waals surface area contributed by atoms with Gasteiger partial charge in [0.2, 0.25) is 0 Å². The van der Waals surface area contributed by atoms with Gasteiger partial charge in [-0.25, -0.2) is 4.98 Å². The van der Waals surface area contributed by atoms with Gasteiger partial charge in [-0.2, -0.15) is 5.26 Å². The summed E-state index contributed by atoms with van der Waals surface area (Å²) in [5.74, 6) is 0.383. The van der Waals surface area contributed by atoms with Gasteiger partial charge in [0.05, 0.1) is 22.3 Å². The zero-order valence-electron chi connectivity index (χ0n) is 21.3. The van der Waals surface area contributed by atoms with Gasteiger partial charge in [0, 0.05) is 15.8 Å². The summed E-state index contributed by atoms with van der Waals surface area (Å²) < 4.78 is 0. The maximum absolute atomic E-state index is 13.7. The summed E-state index contributed by atoms with van der Waals surface area (Å²) in [6.07, 6.45) is 4.09. The number of carbonyl (C=O) groups is 1. The highest BCUT2D eigenvalue weighted by Crippen LogP contribution is 2.45. The van der Waals surface area contributed by atoms with E-state index in [1.165, 1.54) is 4.88 Å². The molecule has 2 aromatic heterocycles. The second-order valence-corrected chi connectivity index (χ2v) is 11.5. The monoisotopic (exact) mass is 493 g/mol. The predicted octanol–water partition coefficient (Wildman–Crippen LogP) is 7.94. The number of thiophene rings is 1. The van der Waals surface area contributed by atoms with Crippen LogP contribution in [0.2, 0.25) is 0 Å². The molecule has 0 bridgehead atoms. The molecule has 0 fully saturated rings. The normalized spacial score (nSPS) is 15.4. The van der Waals surface area contributed by atoms with Crippen molar-refractivity contribution in [2.75, 3.05) is 5.32 Å². The molecule has 1 aliphatic rings. The number of carbonyl (C=O) groups excluding carboxylic acids is 1. The van der Waals surface area contributed by atoms with E-state index in [4.69, 9.17) is 4.98 Å². The van der Waals surface area contributed by atoms with Crippen molar-refractivity contribution in [3.63, 3.8) is 0 Å². The van der Waals surface area contributed by atoms with Crippen LogP contribution >= 0.6 is 11.3 Å². The SMILES string of the molecule is CCC(C)(C)C1CCc2c(sc(NC(=O)c3cc(-c4ccccc4C)nc4ccccc34)c2C#N)C1. The van der Waals surface area contributed by atoms with E-state index < -0.39 is 0 Å². The van der Waals surface area contributed by atoms with Crippen molar-refractivity contribution >= 4 is 33.1 Å². The first-order valence-electron chi connectivity index (χ1n) is 12.6. The number of nitriles is 1. The maximum Gasteiger partial charge on any atom is 0.257 e. The van der Waals surface area contributed by atoms with Crippen LogP contribution in [0.1, 0.15) is 65.5 Å². The average molecular weight is 494 g/mol. The van der Waals surface area contributed by atoms with Gasteiger partial charge in [0.1, 0.15) is 11.1 Å². The fraction of sp³-hybridized carbons (Fsp3) is 0.323. The number of pyridine rings is 1. The highest BCUT2D eigenvalue weighted by molar-refractivity contribution is 7.16. The fourth-order valence-corrected chi connectivity index (χ4v) is 6.55. The van der Waals surface area contributed by atoms with E-state index in [-0.39, 0.29) is 11.3 Å². The van der Waals surface area contributed by atoms with E-state index in [1.807, 2.05) is 48.5 Å². The van der Waals surface area contributed by atoms with Crippen molar-refractivity contribution in [2.24, 2.45) is 11.3 Å². The average Bonchev–Trinajstić information content (AvgIpc) is 3.24. The first kappa shape index (κ1) is 24.2. The van der Waals surface area contributed by atoms with E-state index in [0.717, 1.165) is 59.0 Å². The summed E-state index contributed by atoms with van der Waals surface area (Å²) in [6.45, 7) is 8.98. The second-order valence-electron chi connectivity index (χ2n) is 10.4. The molecule has 1 aliphatic carbocycles. The lowest BCUT2D eigenvalue weighted by molar-refractivity contribution is 0.102. The molecule has 1 N–H and O–H groups in total. The third-order valence-electron chi connectivity index (χ3n) is 8.00. The minimum atomic E-state index is -0.205. The Balaban J connectivity index is 1.53. The van der Waals surface area contributed by atoms with E-state index in [1.54, 1.807) is 11.3 Å². The molecule has 182 valence electrons. The van der Waals surface area contributed by atoms with E-state index in [2.05, 4.69) is 45.1 Å². The largest absolute Gasteiger partial charge is 0.312 e. The third-order valence-corrected chi connectivity index (χ3v) is 9.17. The maximum atomic E-state index is 13.7. The molecule has 0 aliphatic heterocycles. The van der Waals surface area contributed by atoms with Crippen molar-refractivity contribution in [1.29, 1.82) is 5.26 Å². The summed E-state index contributed by atoms with van der Waals surface area (Å²) in [5, 5.41) is 14.6. The lowest BCUT2D eigenvalue weighted by Crippen LogP contribution is -2.28. The Bertz CT molecular complexity index is 1510. The number of anilines is 1. The number of hydrogen-bond acceptors (Lipinski definition) is 4. The van der Waals surface area contributed by atoms with E-state index in [0.29, 0.717) is 22.0 Å². The molecule has 1 atom stereocenters. The van der Waals surface area contributed by atoms with Crippen LogP contribution in [0.25, 0.3) is 22.2 Å². The molecule has 5 heteroatoms. The van der Waals surface area contributed by atoms with Gasteiger partial charge in [-0.15, -0.1) is 11.3 Å². The molecule has 0 saturated carbocycles. The van der Waals surface area contributed by atoms with Crippen LogP contribution in [0.4, 0.5) is 5.00 Å². The van der Waals surface area contributed by atoms with Crippen molar-refractivity contribution in [1.82, 2.24) is 4.98 Å². The van der Waals surface area contributed by atoms with E-state index in [9.17, 15) is 10.1 Å². The molecular weight excluding hydrogens is 462 g/mol. The standard InChI is InChI=1S/C31H31N3OS/c1-5-31(3,4)20-14-15-23-25(18-32)30(36-28(23)16-20)34-29(35)24-17-27(21-11-7-6-10-19(21)2)33-26-13-9-8-12-22(24)26/h6-13,17,20H,5,14-16H2,1-4H3,(H,34,35). The fourth-order valence-electron chi connectivity index (χ4n) is 5.28. The molecule has 4 aromatic rings. The van der Waals surface area contributed by atoms with Crippen molar-refractivity contribution in [3.05, 3.63) is 81.7 Å². The lowest BCUT2D eigenvalue weighted by atomic mass is 9.69. The Morgan fingerprint density at radius 2 is 1.94 bits per heavy atom. The molecule has 0 radical (unpaired) electrons. The molecular formula is C31H31N3OS. The molecule has 1 amide bonds. The van der Waals surface area contributed by atoms with Crippen LogP contribution < -0.4 is 5.32 Å². The van der Waals surface area contributed by atoms with Crippen LogP contribution in [0, 0.1) is 29.6 Å². The van der Waals surface area contributed by atoms with Gasteiger partial charge in [-0.05, 0) is 60.8 Å². The number of benzene rings is 2. The quantitative estimate of drug-likeness (QED) is 0.307. The van der Waals surface area contributed by atoms with Crippen LogP contribution in [-0.2, 0) is 12.8 Å². The first-order chi connectivity index (χ1) is 17.3. The highest BCUT2D eigenvalue weighted by atomic mass is 32.1. The minimum Gasteiger partial charge on any atom is -0.312 e. The Hall–Kier alpha value is -3.49. The Morgan fingerprint density at radius 3 is 2.69 bits per heavy atom. The molecule has 4 nitrogen and oxygen atoms in total. The highest BCUT2D eigenvalue weighted by Gasteiger charge is 2.34. The lowest BCUT2D eigenvalue weighted by Gasteiger charge is -2.36. The Kier molecular flexibility index (Phi) is 6.40. The number of para-hydroxylation sites is 1. The summed E-state index contributed by atoms with van der Waals surface area (Å²) >= 11 is 1.58. The number of rotatable bonds is 5. The number of nitrogens with zero attached hydrogens (tertiary/aromatic N) is 2. The smallest absolute Gasteiger partial charge is 0.257 e. The molecule has 2 aromatic carbocycles. The zero-order valence-corrected chi connectivity index (χ0v) is 22.1. The number of hydrogen-bond donors (Lipinski definition) is 1. The summed E-state index contributed by atoms with van der Waals surface area (Å²) in [6, 6.07) is 20.1.